The monoisotopic (exact) mass is 291 g/mol. The van der Waals surface area contributed by atoms with Gasteiger partial charge in [0.05, 0.1) is 29.2 Å². The number of nitrogens with one attached hydrogen (secondary N) is 2. The minimum absolute atomic E-state index is 0.325. The van der Waals surface area contributed by atoms with Gasteiger partial charge >= 0.3 is 6.09 Å². The topological polar surface area (TPSA) is 63.2 Å². The number of nitrogens with zero attached hydrogens (tertiary/aromatic N) is 1. The number of benzene rings is 1. The average Bonchev–Trinajstić information content (AvgIpc) is 2.44. The van der Waals surface area contributed by atoms with Crippen LogP contribution >= 0.6 is 11.6 Å². The lowest BCUT2D eigenvalue weighted by Crippen LogP contribution is -2.13. The van der Waals surface area contributed by atoms with Crippen molar-refractivity contribution < 1.29 is 9.53 Å². The number of anilines is 3. The van der Waals surface area contributed by atoms with Crippen molar-refractivity contribution >= 4 is 34.9 Å². The largest absolute Gasteiger partial charge is 0.450 e. The SMILES string of the molecule is CCOC(=O)Nc1ccc(Nc2ccccc2Cl)nc1. The minimum Gasteiger partial charge on any atom is -0.450 e. The number of aromatic nitrogens is 1. The number of carbonyl (C=O) groups is 1. The molecule has 0 fully saturated rings. The molecule has 6 heteroatoms. The van der Waals surface area contributed by atoms with Crippen molar-refractivity contribution in [2.45, 2.75) is 6.92 Å². The minimum atomic E-state index is -0.499. The molecule has 20 heavy (non-hydrogen) atoms. The molecule has 104 valence electrons. The van der Waals surface area contributed by atoms with Crippen molar-refractivity contribution in [3.63, 3.8) is 0 Å². The van der Waals surface area contributed by atoms with E-state index in [1.165, 1.54) is 6.20 Å². The normalized spacial score (nSPS) is 9.90. The van der Waals surface area contributed by atoms with Crippen LogP contribution in [0.2, 0.25) is 5.02 Å². The fourth-order valence-corrected chi connectivity index (χ4v) is 1.71. The highest BCUT2D eigenvalue weighted by atomic mass is 35.5. The summed E-state index contributed by atoms with van der Waals surface area (Å²) in [5.74, 6) is 0.632. The van der Waals surface area contributed by atoms with Crippen molar-refractivity contribution in [1.29, 1.82) is 0 Å². The number of para-hydroxylation sites is 1. The maximum atomic E-state index is 11.2. The van der Waals surface area contributed by atoms with Crippen LogP contribution in [0.5, 0.6) is 0 Å². The summed E-state index contributed by atoms with van der Waals surface area (Å²) in [5.41, 5.74) is 1.33. The van der Waals surface area contributed by atoms with Crippen LogP contribution in [0.4, 0.5) is 22.0 Å². The molecule has 1 aromatic carbocycles. The molecule has 2 N–H and O–H groups in total. The predicted molar refractivity (Wildman–Crippen MR) is 79.6 cm³/mol. The van der Waals surface area contributed by atoms with Gasteiger partial charge in [0.2, 0.25) is 0 Å². The number of carbonyl (C=O) groups excluding carboxylic acids is 1. The zero-order chi connectivity index (χ0) is 14.4. The number of hydrogen-bond acceptors (Lipinski definition) is 4. The molecule has 0 aliphatic heterocycles. The molecule has 1 heterocycles. The quantitative estimate of drug-likeness (QED) is 0.892. The predicted octanol–water partition coefficient (Wildman–Crippen LogP) is 4.05. The molecule has 1 amide bonds. The molecule has 2 rings (SSSR count). The maximum absolute atomic E-state index is 11.2. The highest BCUT2D eigenvalue weighted by molar-refractivity contribution is 6.33. The second kappa shape index (κ2) is 6.77. The number of halogens is 1. The Morgan fingerprint density at radius 1 is 1.30 bits per heavy atom. The maximum Gasteiger partial charge on any atom is 0.411 e. The van der Waals surface area contributed by atoms with Crippen LogP contribution in [0.3, 0.4) is 0 Å². The second-order valence-electron chi connectivity index (χ2n) is 3.88. The lowest BCUT2D eigenvalue weighted by Gasteiger charge is -2.08. The van der Waals surface area contributed by atoms with Gasteiger partial charge in [0.1, 0.15) is 5.82 Å². The van der Waals surface area contributed by atoms with Gasteiger partial charge in [-0.05, 0) is 31.2 Å². The summed E-state index contributed by atoms with van der Waals surface area (Å²) in [7, 11) is 0. The smallest absolute Gasteiger partial charge is 0.411 e. The molecule has 0 spiro atoms. The molecule has 0 saturated carbocycles. The van der Waals surface area contributed by atoms with E-state index in [4.69, 9.17) is 16.3 Å². The van der Waals surface area contributed by atoms with Gasteiger partial charge in [-0.2, -0.15) is 0 Å². The van der Waals surface area contributed by atoms with E-state index < -0.39 is 6.09 Å². The standard InChI is InChI=1S/C14H14ClN3O2/c1-2-20-14(19)17-10-7-8-13(16-9-10)18-12-6-4-3-5-11(12)15/h3-9H,2H2,1H3,(H,16,18)(H,17,19). The van der Waals surface area contributed by atoms with E-state index in [0.717, 1.165) is 5.69 Å². The van der Waals surface area contributed by atoms with E-state index in [-0.39, 0.29) is 0 Å². The van der Waals surface area contributed by atoms with E-state index in [1.807, 2.05) is 18.2 Å². The van der Waals surface area contributed by atoms with Crippen molar-refractivity contribution in [2.24, 2.45) is 0 Å². The Labute approximate surface area is 121 Å². The van der Waals surface area contributed by atoms with Crippen LogP contribution < -0.4 is 10.6 Å². The van der Waals surface area contributed by atoms with Gasteiger partial charge in [0.25, 0.3) is 0 Å². The van der Waals surface area contributed by atoms with E-state index >= 15 is 0 Å². The lowest BCUT2D eigenvalue weighted by molar-refractivity contribution is 0.168. The summed E-state index contributed by atoms with van der Waals surface area (Å²) in [6.07, 6.45) is 1.04. The molecule has 0 aliphatic rings. The Kier molecular flexibility index (Phi) is 4.79. The first-order valence-corrected chi connectivity index (χ1v) is 6.48. The molecule has 0 aliphatic carbocycles. The molecule has 0 radical (unpaired) electrons. The third kappa shape index (κ3) is 3.86. The number of amides is 1. The molecular formula is C14H14ClN3O2. The fraction of sp³-hybridized carbons (Fsp3) is 0.143. The van der Waals surface area contributed by atoms with Gasteiger partial charge < -0.3 is 10.1 Å². The highest BCUT2D eigenvalue weighted by Gasteiger charge is 2.03. The van der Waals surface area contributed by atoms with Gasteiger partial charge in [-0.25, -0.2) is 9.78 Å². The number of pyridine rings is 1. The molecule has 0 atom stereocenters. The van der Waals surface area contributed by atoms with E-state index in [2.05, 4.69) is 15.6 Å². The number of ether oxygens (including phenoxy) is 1. The van der Waals surface area contributed by atoms with Crippen LogP contribution in [0.15, 0.2) is 42.6 Å². The van der Waals surface area contributed by atoms with Gasteiger partial charge in [-0.15, -0.1) is 0 Å². The van der Waals surface area contributed by atoms with Gasteiger partial charge in [-0.3, -0.25) is 5.32 Å². The van der Waals surface area contributed by atoms with E-state index in [1.54, 1.807) is 25.1 Å². The summed E-state index contributed by atoms with van der Waals surface area (Å²) in [5, 5.41) is 6.27. The number of hydrogen-bond donors (Lipinski definition) is 2. The Hall–Kier alpha value is -2.27. The lowest BCUT2D eigenvalue weighted by atomic mass is 10.3. The van der Waals surface area contributed by atoms with Crippen molar-refractivity contribution in [2.75, 3.05) is 17.2 Å². The summed E-state index contributed by atoms with van der Waals surface area (Å²) in [6, 6.07) is 10.8. The van der Waals surface area contributed by atoms with Crippen molar-refractivity contribution in [3.8, 4) is 0 Å². The molecular weight excluding hydrogens is 278 g/mol. The molecule has 0 saturated heterocycles. The third-order valence-corrected chi connectivity index (χ3v) is 2.75. The van der Waals surface area contributed by atoms with Crippen LogP contribution in [0.1, 0.15) is 6.92 Å². The van der Waals surface area contributed by atoms with Crippen LogP contribution in [0.25, 0.3) is 0 Å². The third-order valence-electron chi connectivity index (χ3n) is 2.42. The summed E-state index contributed by atoms with van der Waals surface area (Å²) >= 11 is 6.05. The Morgan fingerprint density at radius 3 is 2.75 bits per heavy atom. The van der Waals surface area contributed by atoms with E-state index in [9.17, 15) is 4.79 Å². The van der Waals surface area contributed by atoms with Gasteiger partial charge in [-0.1, -0.05) is 23.7 Å². The molecule has 5 nitrogen and oxygen atoms in total. The van der Waals surface area contributed by atoms with Gasteiger partial charge in [0.15, 0.2) is 0 Å². The summed E-state index contributed by atoms with van der Waals surface area (Å²) in [4.78, 5) is 15.4. The van der Waals surface area contributed by atoms with Gasteiger partial charge in [0, 0.05) is 0 Å². The highest BCUT2D eigenvalue weighted by Crippen LogP contribution is 2.24. The molecule has 1 aromatic heterocycles. The average molecular weight is 292 g/mol. The Bertz CT molecular complexity index is 587. The Morgan fingerprint density at radius 2 is 2.10 bits per heavy atom. The number of rotatable bonds is 4. The Balaban J connectivity index is 2.02. The zero-order valence-electron chi connectivity index (χ0n) is 10.9. The molecule has 2 aromatic rings. The first kappa shape index (κ1) is 14.1. The van der Waals surface area contributed by atoms with Crippen molar-refractivity contribution in [1.82, 2.24) is 4.98 Å². The second-order valence-corrected chi connectivity index (χ2v) is 4.29. The van der Waals surface area contributed by atoms with E-state index in [0.29, 0.717) is 23.1 Å². The first-order valence-electron chi connectivity index (χ1n) is 6.10. The van der Waals surface area contributed by atoms with Crippen molar-refractivity contribution in [3.05, 3.63) is 47.6 Å². The zero-order valence-corrected chi connectivity index (χ0v) is 11.6. The summed E-state index contributed by atoms with van der Waals surface area (Å²) in [6.45, 7) is 2.07. The summed E-state index contributed by atoms with van der Waals surface area (Å²) < 4.78 is 4.78. The molecule has 0 unspecified atom stereocenters. The molecule has 0 bridgehead atoms. The first-order chi connectivity index (χ1) is 9.69. The van der Waals surface area contributed by atoms with Crippen LogP contribution in [-0.4, -0.2) is 17.7 Å². The van der Waals surface area contributed by atoms with Crippen LogP contribution in [-0.2, 0) is 4.74 Å². The fourth-order valence-electron chi connectivity index (χ4n) is 1.53. The van der Waals surface area contributed by atoms with Crippen LogP contribution in [0, 0.1) is 0 Å².